The molecular formula is C18H19N5O3S. The van der Waals surface area contributed by atoms with E-state index in [0.717, 1.165) is 59.0 Å². The van der Waals surface area contributed by atoms with E-state index in [9.17, 15) is 14.4 Å². The van der Waals surface area contributed by atoms with Gasteiger partial charge in [0.05, 0.1) is 10.4 Å². The molecule has 4 rings (SSSR count). The Hall–Kier alpha value is -2.81. The molecule has 2 fully saturated rings. The zero-order chi connectivity index (χ0) is 19.1. The minimum atomic E-state index is -0.514. The maximum absolute atomic E-state index is 12.7. The summed E-state index contributed by atoms with van der Waals surface area (Å²) in [5.41, 5.74) is 13.6. The van der Waals surface area contributed by atoms with Crippen molar-refractivity contribution in [2.75, 3.05) is 18.0 Å². The van der Waals surface area contributed by atoms with Gasteiger partial charge in [-0.05, 0) is 55.6 Å². The Morgan fingerprint density at radius 3 is 2.63 bits per heavy atom. The van der Waals surface area contributed by atoms with Crippen molar-refractivity contribution in [3.8, 4) is 0 Å². The molecule has 140 valence electrons. The molecular weight excluding hydrogens is 366 g/mol. The van der Waals surface area contributed by atoms with Gasteiger partial charge < -0.3 is 11.5 Å². The van der Waals surface area contributed by atoms with Crippen LogP contribution in [-0.2, 0) is 4.79 Å². The number of aromatic nitrogens is 2. The van der Waals surface area contributed by atoms with Crippen molar-refractivity contribution in [3.05, 3.63) is 28.7 Å². The number of carbonyl (C=O) groups excluding carboxylic acids is 3. The Balaban J connectivity index is 1.61. The number of nitrogens with zero attached hydrogens (tertiary/aromatic N) is 3. The predicted octanol–water partition coefficient (Wildman–Crippen LogP) is 2.75. The topological polar surface area (TPSA) is 124 Å². The summed E-state index contributed by atoms with van der Waals surface area (Å²) in [6.45, 7) is -0.382. The minimum Gasteiger partial charge on any atom is -0.399 e. The Labute approximate surface area is 159 Å². The van der Waals surface area contributed by atoms with E-state index in [1.54, 1.807) is 18.2 Å². The fourth-order valence-corrected chi connectivity index (χ4v) is 4.48. The molecule has 1 saturated carbocycles. The van der Waals surface area contributed by atoms with Crippen LogP contribution in [0.2, 0.25) is 0 Å². The lowest BCUT2D eigenvalue weighted by atomic mass is 9.94. The van der Waals surface area contributed by atoms with Crippen LogP contribution >= 0.6 is 11.8 Å². The highest BCUT2D eigenvalue weighted by Gasteiger charge is 2.38. The molecule has 9 heteroatoms. The zero-order valence-electron chi connectivity index (χ0n) is 14.6. The average molecular weight is 385 g/mol. The van der Waals surface area contributed by atoms with Crippen molar-refractivity contribution in [2.24, 2.45) is 0 Å². The number of carbonyl (C=O) groups is 3. The highest BCUT2D eigenvalue weighted by Crippen LogP contribution is 2.38. The largest absolute Gasteiger partial charge is 0.399 e. The quantitative estimate of drug-likeness (QED) is 0.601. The molecule has 1 aliphatic heterocycles. The fraction of sp³-hybridized carbons (Fsp3) is 0.333. The Bertz CT molecular complexity index is 1000. The number of nitrogen functional groups attached to an aromatic ring is 2. The van der Waals surface area contributed by atoms with Crippen LogP contribution < -0.4 is 11.5 Å². The average Bonchev–Trinajstić information content (AvgIpc) is 3.13. The molecule has 1 aliphatic carbocycles. The number of anilines is 2. The zero-order valence-corrected chi connectivity index (χ0v) is 15.4. The molecule has 0 atom stereocenters. The van der Waals surface area contributed by atoms with Gasteiger partial charge in [0.2, 0.25) is 0 Å². The molecule has 0 spiro atoms. The van der Waals surface area contributed by atoms with Crippen molar-refractivity contribution >= 4 is 51.2 Å². The first kappa shape index (κ1) is 17.6. The summed E-state index contributed by atoms with van der Waals surface area (Å²) in [6.07, 6.45) is 4.87. The normalized spacial score (nSPS) is 18.0. The number of fused-ring (bicyclic) bond motifs is 1. The van der Waals surface area contributed by atoms with Crippen LogP contribution in [0.4, 0.5) is 16.3 Å². The minimum absolute atomic E-state index is 0.191. The van der Waals surface area contributed by atoms with Gasteiger partial charge in [-0.3, -0.25) is 19.3 Å². The van der Waals surface area contributed by atoms with Crippen molar-refractivity contribution in [1.29, 1.82) is 0 Å². The van der Waals surface area contributed by atoms with E-state index in [2.05, 4.69) is 5.10 Å². The number of nitrogens with two attached hydrogens (primary N) is 2. The molecule has 2 amide bonds. The number of amides is 2. The first-order valence-corrected chi connectivity index (χ1v) is 9.60. The number of benzene rings is 1. The van der Waals surface area contributed by atoms with Crippen LogP contribution in [0, 0.1) is 0 Å². The lowest BCUT2D eigenvalue weighted by Gasteiger charge is -2.15. The molecule has 0 radical (unpaired) electrons. The molecule has 0 unspecified atom stereocenters. The van der Waals surface area contributed by atoms with Crippen molar-refractivity contribution in [3.63, 3.8) is 0 Å². The number of allylic oxidation sites excluding steroid dienone is 1. The maximum Gasteiger partial charge on any atom is 0.294 e. The van der Waals surface area contributed by atoms with Crippen LogP contribution in [-0.4, -0.2) is 38.3 Å². The van der Waals surface area contributed by atoms with Gasteiger partial charge in [-0.1, -0.05) is 12.0 Å². The fourth-order valence-electron chi connectivity index (χ4n) is 3.51. The molecule has 2 heterocycles. The highest BCUT2D eigenvalue weighted by atomic mass is 32.2. The summed E-state index contributed by atoms with van der Waals surface area (Å²) >= 11 is 0.927. The third kappa shape index (κ3) is 3.08. The smallest absolute Gasteiger partial charge is 0.294 e. The van der Waals surface area contributed by atoms with E-state index in [1.165, 1.54) is 0 Å². The predicted molar refractivity (Wildman–Crippen MR) is 104 cm³/mol. The van der Waals surface area contributed by atoms with E-state index in [0.29, 0.717) is 21.5 Å². The van der Waals surface area contributed by atoms with E-state index in [4.69, 9.17) is 11.5 Å². The molecule has 8 nitrogen and oxygen atoms in total. The Morgan fingerprint density at radius 2 is 1.89 bits per heavy atom. The summed E-state index contributed by atoms with van der Waals surface area (Å²) in [5, 5.41) is 4.22. The molecule has 1 aromatic carbocycles. The Kier molecular flexibility index (Phi) is 4.39. The third-order valence-electron chi connectivity index (χ3n) is 4.89. The van der Waals surface area contributed by atoms with Gasteiger partial charge in [-0.15, -0.1) is 5.10 Å². The third-order valence-corrected chi connectivity index (χ3v) is 5.95. The monoisotopic (exact) mass is 385 g/mol. The second kappa shape index (κ2) is 6.73. The van der Waals surface area contributed by atoms with Crippen molar-refractivity contribution in [1.82, 2.24) is 14.7 Å². The molecule has 1 saturated heterocycles. The van der Waals surface area contributed by atoms with E-state index in [-0.39, 0.29) is 18.3 Å². The summed E-state index contributed by atoms with van der Waals surface area (Å²) in [7, 11) is 0. The summed E-state index contributed by atoms with van der Waals surface area (Å²) in [4.78, 5) is 39.3. The van der Waals surface area contributed by atoms with Crippen LogP contribution in [0.25, 0.3) is 10.9 Å². The summed E-state index contributed by atoms with van der Waals surface area (Å²) in [6, 6.07) is 4.95. The number of hydrogen-bond acceptors (Lipinski definition) is 7. The van der Waals surface area contributed by atoms with Gasteiger partial charge in [-0.2, -0.15) is 4.68 Å². The van der Waals surface area contributed by atoms with Crippen LogP contribution in [0.1, 0.15) is 36.9 Å². The van der Waals surface area contributed by atoms with Crippen molar-refractivity contribution in [2.45, 2.75) is 32.1 Å². The van der Waals surface area contributed by atoms with E-state index >= 15 is 0 Å². The van der Waals surface area contributed by atoms with Crippen LogP contribution in [0.5, 0.6) is 0 Å². The standard InChI is InChI=1S/C18H19N5O3S/c19-11-6-7-12-13(8-11)23(21-16(12)20)14(24)9-22-17(25)15(27-18(22)26)10-4-2-1-3-5-10/h6-8H,1-5,9,19H2,(H2,20,21). The van der Waals surface area contributed by atoms with Gasteiger partial charge in [-0.25, -0.2) is 0 Å². The second-order valence-corrected chi connectivity index (χ2v) is 7.68. The SMILES string of the molecule is Nc1ccc2c(N)nn(C(=O)CN3C(=O)SC(=C4CCCCC4)C3=O)c2c1. The molecule has 0 bridgehead atoms. The number of rotatable bonds is 2. The lowest BCUT2D eigenvalue weighted by molar-refractivity contribution is -0.122. The first-order chi connectivity index (χ1) is 13.0. The van der Waals surface area contributed by atoms with Crippen LogP contribution in [0.3, 0.4) is 0 Å². The van der Waals surface area contributed by atoms with Crippen LogP contribution in [0.15, 0.2) is 28.7 Å². The van der Waals surface area contributed by atoms with Gasteiger partial charge in [0.1, 0.15) is 6.54 Å². The van der Waals surface area contributed by atoms with Gasteiger partial charge in [0, 0.05) is 11.1 Å². The number of imide groups is 1. The second-order valence-electron chi connectivity index (χ2n) is 6.72. The number of hydrogen-bond donors (Lipinski definition) is 2. The molecule has 2 aliphatic rings. The lowest BCUT2D eigenvalue weighted by Crippen LogP contribution is -2.36. The van der Waals surface area contributed by atoms with Crippen molar-refractivity contribution < 1.29 is 14.4 Å². The van der Waals surface area contributed by atoms with Gasteiger partial charge in [0.15, 0.2) is 5.82 Å². The van der Waals surface area contributed by atoms with E-state index < -0.39 is 11.1 Å². The summed E-state index contributed by atoms with van der Waals surface area (Å²) in [5.74, 6) is -0.712. The summed E-state index contributed by atoms with van der Waals surface area (Å²) < 4.78 is 1.11. The number of thioether (sulfide) groups is 1. The maximum atomic E-state index is 12.7. The van der Waals surface area contributed by atoms with E-state index in [1.807, 2.05) is 0 Å². The highest BCUT2D eigenvalue weighted by molar-refractivity contribution is 8.18. The van der Waals surface area contributed by atoms with Gasteiger partial charge in [0.25, 0.3) is 17.1 Å². The molecule has 27 heavy (non-hydrogen) atoms. The molecule has 2 aromatic rings. The first-order valence-electron chi connectivity index (χ1n) is 8.78. The Morgan fingerprint density at radius 1 is 1.15 bits per heavy atom. The van der Waals surface area contributed by atoms with Gasteiger partial charge >= 0.3 is 0 Å². The molecule has 4 N–H and O–H groups in total. The molecule has 1 aromatic heterocycles.